The van der Waals surface area contributed by atoms with Crippen molar-refractivity contribution in [2.45, 2.75) is 45.3 Å². The lowest BCUT2D eigenvalue weighted by Gasteiger charge is -2.24. The number of ether oxygens (including phenoxy) is 4. The zero-order valence-electron chi connectivity index (χ0n) is 15.8. The summed E-state index contributed by atoms with van der Waals surface area (Å²) in [5.41, 5.74) is 1.21. The molecule has 2 aromatic rings. The average molecular weight is 490 g/mol. The second-order valence-electron chi connectivity index (χ2n) is 6.40. The number of nitrogens with zero attached hydrogens (tertiary/aromatic N) is 2. The Kier molecular flexibility index (Phi) is 6.45. The molecule has 1 saturated heterocycles. The van der Waals surface area contributed by atoms with E-state index in [0.29, 0.717) is 11.0 Å². The van der Waals surface area contributed by atoms with Crippen LogP contribution in [0.15, 0.2) is 22.7 Å². The molecule has 0 saturated carbocycles. The fraction of sp³-hybridized carbons (Fsp3) is 0.444. The van der Waals surface area contributed by atoms with Crippen molar-refractivity contribution >= 4 is 56.5 Å². The number of hydrogen-bond acceptors (Lipinski definition) is 8. The largest absolute Gasteiger partial charge is 0.463 e. The van der Waals surface area contributed by atoms with Crippen molar-refractivity contribution in [2.24, 2.45) is 0 Å². The van der Waals surface area contributed by atoms with Crippen LogP contribution in [0.3, 0.4) is 0 Å². The Morgan fingerprint density at radius 2 is 1.79 bits per heavy atom. The van der Waals surface area contributed by atoms with Gasteiger partial charge in [-0.1, -0.05) is 15.9 Å². The van der Waals surface area contributed by atoms with E-state index in [1.807, 2.05) is 0 Å². The molecule has 3 rings (SSSR count). The van der Waals surface area contributed by atoms with Crippen LogP contribution in [-0.4, -0.2) is 52.4 Å². The summed E-state index contributed by atoms with van der Waals surface area (Å²) in [5.74, 6) is -1.73. The number of carbonyl (C=O) groups is 3. The van der Waals surface area contributed by atoms with Gasteiger partial charge in [-0.3, -0.25) is 19.0 Å². The molecule has 29 heavy (non-hydrogen) atoms. The van der Waals surface area contributed by atoms with Gasteiger partial charge in [0.05, 0.1) is 11.0 Å². The first-order valence-corrected chi connectivity index (χ1v) is 9.80. The highest BCUT2D eigenvalue weighted by Crippen LogP contribution is 2.38. The van der Waals surface area contributed by atoms with Gasteiger partial charge in [0, 0.05) is 25.2 Å². The van der Waals surface area contributed by atoms with Gasteiger partial charge < -0.3 is 18.9 Å². The van der Waals surface area contributed by atoms with E-state index in [2.05, 4.69) is 20.9 Å². The van der Waals surface area contributed by atoms with Gasteiger partial charge in [-0.25, -0.2) is 4.98 Å². The summed E-state index contributed by atoms with van der Waals surface area (Å²) in [6.45, 7) is 3.50. The van der Waals surface area contributed by atoms with Crippen molar-refractivity contribution in [1.82, 2.24) is 9.55 Å². The average Bonchev–Trinajstić information content (AvgIpc) is 3.08. The van der Waals surface area contributed by atoms with Gasteiger partial charge in [0.2, 0.25) is 5.28 Å². The summed E-state index contributed by atoms with van der Waals surface area (Å²) in [4.78, 5) is 38.9. The molecular formula is C18H18BrClN2O7. The van der Waals surface area contributed by atoms with Crippen LogP contribution in [-0.2, 0) is 33.3 Å². The lowest BCUT2D eigenvalue weighted by molar-refractivity contribution is -0.166. The monoisotopic (exact) mass is 488 g/mol. The maximum absolute atomic E-state index is 11.7. The van der Waals surface area contributed by atoms with Gasteiger partial charge in [0.15, 0.2) is 18.4 Å². The highest BCUT2D eigenvalue weighted by molar-refractivity contribution is 9.10. The van der Waals surface area contributed by atoms with Crippen molar-refractivity contribution in [3.8, 4) is 0 Å². The Bertz CT molecular complexity index is 963. The fourth-order valence-electron chi connectivity index (χ4n) is 3.19. The van der Waals surface area contributed by atoms with Crippen LogP contribution in [0.4, 0.5) is 0 Å². The minimum Gasteiger partial charge on any atom is -0.463 e. The Morgan fingerprint density at radius 1 is 1.14 bits per heavy atom. The summed E-state index contributed by atoms with van der Waals surface area (Å²) in [6, 6.07) is 5.34. The van der Waals surface area contributed by atoms with Crippen LogP contribution in [0, 0.1) is 0 Å². The molecule has 1 aromatic carbocycles. The number of imidazole rings is 1. The second kappa shape index (κ2) is 8.68. The molecule has 0 bridgehead atoms. The Labute approximate surface area is 179 Å². The summed E-state index contributed by atoms with van der Waals surface area (Å²) < 4.78 is 24.2. The quantitative estimate of drug-likeness (QED) is 0.466. The maximum Gasteiger partial charge on any atom is 0.303 e. The van der Waals surface area contributed by atoms with E-state index < -0.39 is 42.4 Å². The predicted octanol–water partition coefficient (Wildman–Crippen LogP) is 2.78. The van der Waals surface area contributed by atoms with Gasteiger partial charge in [0.1, 0.15) is 12.7 Å². The van der Waals surface area contributed by atoms with Crippen molar-refractivity contribution in [1.29, 1.82) is 0 Å². The topological polar surface area (TPSA) is 106 Å². The van der Waals surface area contributed by atoms with Crippen molar-refractivity contribution in [3.05, 3.63) is 28.0 Å². The van der Waals surface area contributed by atoms with Gasteiger partial charge in [-0.2, -0.15) is 0 Å². The van der Waals surface area contributed by atoms with E-state index in [1.54, 1.807) is 22.8 Å². The first kappa shape index (κ1) is 21.5. The highest BCUT2D eigenvalue weighted by atomic mass is 79.9. The molecule has 0 spiro atoms. The summed E-state index contributed by atoms with van der Waals surface area (Å²) in [7, 11) is 0. The van der Waals surface area contributed by atoms with Crippen LogP contribution in [0.1, 0.15) is 27.0 Å². The van der Waals surface area contributed by atoms with Crippen LogP contribution < -0.4 is 0 Å². The number of halogens is 2. The zero-order valence-corrected chi connectivity index (χ0v) is 18.1. The zero-order chi connectivity index (χ0) is 21.3. The standard InChI is InChI=1S/C18H18BrClN2O7/c1-8(23)26-7-14-15(27-9(2)24)16(28-10(3)25)17(29-14)22-13-5-4-11(19)6-12(13)21-18(22)20/h4-6,14-17H,7H2,1-3H3/t14-,15-,16-,17-/m1/s1. The van der Waals surface area contributed by atoms with Crippen molar-refractivity contribution in [2.75, 3.05) is 6.61 Å². The molecule has 2 heterocycles. The SMILES string of the molecule is CC(=O)OC[C@H]1O[C@@H](n2c(Cl)nc3cc(Br)ccc32)[C@H](OC(C)=O)[C@@H]1OC(C)=O. The molecule has 0 N–H and O–H groups in total. The normalized spacial score (nSPS) is 23.8. The number of esters is 3. The predicted molar refractivity (Wildman–Crippen MR) is 104 cm³/mol. The molecular weight excluding hydrogens is 472 g/mol. The minimum atomic E-state index is -1.03. The molecule has 0 unspecified atom stereocenters. The number of hydrogen-bond donors (Lipinski definition) is 0. The fourth-order valence-corrected chi connectivity index (χ4v) is 3.81. The molecule has 4 atom stereocenters. The molecule has 156 valence electrons. The maximum atomic E-state index is 11.7. The van der Waals surface area contributed by atoms with E-state index in [4.69, 9.17) is 30.5 Å². The minimum absolute atomic E-state index is 0.0926. The number of carbonyl (C=O) groups excluding carboxylic acids is 3. The lowest BCUT2D eigenvalue weighted by Crippen LogP contribution is -2.40. The van der Waals surface area contributed by atoms with Crippen molar-refractivity contribution < 1.29 is 33.3 Å². The van der Waals surface area contributed by atoms with Gasteiger partial charge in [0.25, 0.3) is 0 Å². The summed E-state index contributed by atoms with van der Waals surface area (Å²) >= 11 is 9.73. The number of aromatic nitrogens is 2. The molecule has 1 fully saturated rings. The van der Waals surface area contributed by atoms with Gasteiger partial charge >= 0.3 is 17.9 Å². The Morgan fingerprint density at radius 3 is 2.41 bits per heavy atom. The molecule has 0 amide bonds. The van der Waals surface area contributed by atoms with E-state index in [9.17, 15) is 14.4 Å². The summed E-state index contributed by atoms with van der Waals surface area (Å²) in [6.07, 6.45) is -3.87. The molecule has 0 aliphatic carbocycles. The van der Waals surface area contributed by atoms with E-state index in [0.717, 1.165) is 4.47 Å². The first-order valence-electron chi connectivity index (χ1n) is 8.63. The third-order valence-electron chi connectivity index (χ3n) is 4.20. The lowest BCUT2D eigenvalue weighted by atomic mass is 10.1. The van der Waals surface area contributed by atoms with E-state index >= 15 is 0 Å². The first-order chi connectivity index (χ1) is 13.7. The highest BCUT2D eigenvalue weighted by Gasteiger charge is 2.51. The van der Waals surface area contributed by atoms with Gasteiger partial charge in [-0.05, 0) is 29.8 Å². The molecule has 9 nitrogen and oxygen atoms in total. The number of rotatable bonds is 5. The molecule has 11 heteroatoms. The molecule has 1 aromatic heterocycles. The van der Waals surface area contributed by atoms with Crippen molar-refractivity contribution in [3.63, 3.8) is 0 Å². The Hall–Kier alpha value is -2.17. The number of fused-ring (bicyclic) bond motifs is 1. The molecule has 0 radical (unpaired) electrons. The third-order valence-corrected chi connectivity index (χ3v) is 4.96. The number of benzene rings is 1. The smallest absolute Gasteiger partial charge is 0.303 e. The van der Waals surface area contributed by atoms with Crippen LogP contribution in [0.5, 0.6) is 0 Å². The molecule has 1 aliphatic heterocycles. The Balaban J connectivity index is 2.05. The van der Waals surface area contributed by atoms with E-state index in [-0.39, 0.29) is 11.9 Å². The van der Waals surface area contributed by atoms with Crippen LogP contribution in [0.2, 0.25) is 5.28 Å². The van der Waals surface area contributed by atoms with Gasteiger partial charge in [-0.15, -0.1) is 0 Å². The molecule has 1 aliphatic rings. The third kappa shape index (κ3) is 4.71. The van der Waals surface area contributed by atoms with Crippen LogP contribution >= 0.6 is 27.5 Å². The van der Waals surface area contributed by atoms with E-state index in [1.165, 1.54) is 20.8 Å². The van der Waals surface area contributed by atoms with Crippen LogP contribution in [0.25, 0.3) is 11.0 Å². The summed E-state index contributed by atoms with van der Waals surface area (Å²) in [5, 5.41) is 0.0926. The second-order valence-corrected chi connectivity index (χ2v) is 7.65.